The normalized spacial score (nSPS) is 37.5. The maximum Gasteiger partial charge on any atom is 0.152 e. The van der Waals surface area contributed by atoms with Crippen LogP contribution in [0.1, 0.15) is 43.2 Å². The van der Waals surface area contributed by atoms with Crippen molar-refractivity contribution in [1.82, 2.24) is 0 Å². The van der Waals surface area contributed by atoms with Gasteiger partial charge in [0, 0.05) is 11.3 Å². The Hall–Kier alpha value is -1.09. The molecule has 21 heavy (non-hydrogen) atoms. The van der Waals surface area contributed by atoms with E-state index in [4.69, 9.17) is 0 Å². The van der Waals surface area contributed by atoms with Gasteiger partial charge < -0.3 is 5.11 Å². The fourth-order valence-corrected chi connectivity index (χ4v) is 5.61. The minimum atomic E-state index is -0.176. The number of Topliss-reactive ketones (excluding diaryl/α,β-unsaturated/α-hetero) is 1. The Bertz CT molecular complexity index is 663. The minimum absolute atomic E-state index is 0.0216. The molecule has 3 heteroatoms. The van der Waals surface area contributed by atoms with Gasteiger partial charge in [0.2, 0.25) is 0 Å². The molecule has 2 fully saturated rings. The Morgan fingerprint density at radius 3 is 3.00 bits per heavy atom. The molecular weight excluding hydrogens is 328 g/mol. The summed E-state index contributed by atoms with van der Waals surface area (Å²) < 4.78 is 0. The van der Waals surface area contributed by atoms with E-state index in [0.717, 1.165) is 25.7 Å². The Balaban J connectivity index is 1.77. The van der Waals surface area contributed by atoms with E-state index in [0.29, 0.717) is 23.4 Å². The van der Waals surface area contributed by atoms with Gasteiger partial charge in [0.25, 0.3) is 0 Å². The summed E-state index contributed by atoms with van der Waals surface area (Å²) in [6.07, 6.45) is 6.16. The van der Waals surface area contributed by atoms with Crippen LogP contribution in [-0.2, 0) is 11.2 Å². The molecule has 0 saturated heterocycles. The number of rotatable bonds is 0. The molecule has 0 aromatic heterocycles. The number of benzene rings is 1. The van der Waals surface area contributed by atoms with Crippen LogP contribution in [0.4, 0.5) is 0 Å². The van der Waals surface area contributed by atoms with E-state index in [1.807, 2.05) is 6.07 Å². The second-order valence-electron chi connectivity index (χ2n) is 6.92. The molecule has 3 aliphatic rings. The Morgan fingerprint density at radius 2 is 2.19 bits per heavy atom. The van der Waals surface area contributed by atoms with Gasteiger partial charge in [-0.25, -0.2) is 0 Å². The van der Waals surface area contributed by atoms with Crippen LogP contribution in [0.15, 0.2) is 29.8 Å². The number of hydrogen-bond acceptors (Lipinski definition) is 2. The van der Waals surface area contributed by atoms with Crippen LogP contribution in [-0.4, -0.2) is 15.7 Å². The van der Waals surface area contributed by atoms with Crippen molar-refractivity contribution < 1.29 is 9.90 Å². The van der Waals surface area contributed by atoms with E-state index in [1.165, 1.54) is 16.7 Å². The van der Waals surface area contributed by atoms with Crippen molar-refractivity contribution in [3.05, 3.63) is 41.0 Å². The molecule has 0 amide bonds. The summed E-state index contributed by atoms with van der Waals surface area (Å²) in [6.45, 7) is 2.16. The molecule has 1 aromatic rings. The van der Waals surface area contributed by atoms with Crippen LogP contribution < -0.4 is 0 Å². The minimum Gasteiger partial charge on any atom is -0.508 e. The van der Waals surface area contributed by atoms with E-state index in [1.54, 1.807) is 6.07 Å². The number of alkyl halides is 1. The summed E-state index contributed by atoms with van der Waals surface area (Å²) in [5.41, 5.74) is 3.90. The number of carbonyl (C=O) groups is 1. The second-order valence-corrected chi connectivity index (χ2v) is 8.03. The van der Waals surface area contributed by atoms with E-state index in [-0.39, 0.29) is 10.2 Å². The van der Waals surface area contributed by atoms with Gasteiger partial charge in [0.15, 0.2) is 5.78 Å². The number of carbonyl (C=O) groups excluding carboxylic acids is 1. The second kappa shape index (κ2) is 4.45. The number of phenols is 1. The lowest BCUT2D eigenvalue weighted by molar-refractivity contribution is -0.126. The number of hydrogen-bond donors (Lipinski definition) is 1. The highest BCUT2D eigenvalue weighted by Gasteiger charge is 2.55. The largest absolute Gasteiger partial charge is 0.508 e. The molecule has 0 aliphatic heterocycles. The van der Waals surface area contributed by atoms with Gasteiger partial charge in [-0.15, -0.1) is 0 Å². The van der Waals surface area contributed by atoms with Crippen molar-refractivity contribution >= 4 is 21.7 Å². The number of allylic oxidation sites excluding steroid dienone is 2. The third-order valence-electron chi connectivity index (χ3n) is 5.88. The highest BCUT2D eigenvalue weighted by Crippen LogP contribution is 2.58. The highest BCUT2D eigenvalue weighted by atomic mass is 79.9. The molecule has 2 nitrogen and oxygen atoms in total. The van der Waals surface area contributed by atoms with Crippen LogP contribution in [0.2, 0.25) is 0 Å². The predicted molar refractivity (Wildman–Crippen MR) is 85.8 cm³/mol. The van der Waals surface area contributed by atoms with Gasteiger partial charge in [-0.1, -0.05) is 40.6 Å². The third kappa shape index (κ3) is 1.79. The first-order valence-electron chi connectivity index (χ1n) is 7.71. The van der Waals surface area contributed by atoms with Gasteiger partial charge in [0.1, 0.15) is 5.75 Å². The van der Waals surface area contributed by atoms with Crippen LogP contribution in [0.3, 0.4) is 0 Å². The standard InChI is InChI=1S/C18H19BrO2/c1-18-7-6-13-12-5-3-11(20)8-10(12)2-4-14(13)15(18)9-16(19)17(18)21/h3-5,8,13,15-16,20H,2,6-7,9H2,1H3. The van der Waals surface area contributed by atoms with Crippen molar-refractivity contribution in [1.29, 1.82) is 0 Å². The lowest BCUT2D eigenvalue weighted by Crippen LogP contribution is -2.37. The third-order valence-corrected chi connectivity index (χ3v) is 6.67. The van der Waals surface area contributed by atoms with Gasteiger partial charge in [-0.3, -0.25) is 4.79 Å². The van der Waals surface area contributed by atoms with Gasteiger partial charge in [-0.05, 0) is 54.9 Å². The molecule has 0 spiro atoms. The molecular formula is C18H19BrO2. The average Bonchev–Trinajstić information content (AvgIpc) is 2.70. The predicted octanol–water partition coefficient (Wildman–Crippen LogP) is 4.11. The summed E-state index contributed by atoms with van der Waals surface area (Å²) in [5, 5.41) is 9.67. The van der Waals surface area contributed by atoms with Crippen LogP contribution in [0, 0.1) is 11.3 Å². The van der Waals surface area contributed by atoms with Crippen molar-refractivity contribution in [2.24, 2.45) is 11.3 Å². The molecule has 4 unspecified atom stereocenters. The molecule has 1 aromatic carbocycles. The molecule has 0 radical (unpaired) electrons. The Morgan fingerprint density at radius 1 is 1.38 bits per heavy atom. The summed E-state index contributed by atoms with van der Waals surface area (Å²) in [6, 6.07) is 5.76. The van der Waals surface area contributed by atoms with Crippen LogP contribution >= 0.6 is 15.9 Å². The zero-order chi connectivity index (χ0) is 14.8. The van der Waals surface area contributed by atoms with Crippen molar-refractivity contribution in [3.63, 3.8) is 0 Å². The van der Waals surface area contributed by atoms with Crippen molar-refractivity contribution in [3.8, 4) is 5.75 Å². The first-order chi connectivity index (χ1) is 10.0. The van der Waals surface area contributed by atoms with E-state index in [2.05, 4.69) is 35.0 Å². The first kappa shape index (κ1) is 13.6. The van der Waals surface area contributed by atoms with Gasteiger partial charge in [0.05, 0.1) is 4.83 Å². The summed E-state index contributed by atoms with van der Waals surface area (Å²) in [5.74, 6) is 1.57. The fourth-order valence-electron chi connectivity index (χ4n) is 4.71. The number of ketones is 1. The quantitative estimate of drug-likeness (QED) is 0.566. The monoisotopic (exact) mass is 346 g/mol. The van der Waals surface area contributed by atoms with Gasteiger partial charge >= 0.3 is 0 Å². The lowest BCUT2D eigenvalue weighted by Gasteiger charge is -2.43. The smallest absolute Gasteiger partial charge is 0.152 e. The van der Waals surface area contributed by atoms with Crippen molar-refractivity contribution in [2.75, 3.05) is 0 Å². The first-order valence-corrected chi connectivity index (χ1v) is 8.62. The molecule has 2 saturated carbocycles. The molecule has 0 heterocycles. The number of halogens is 1. The molecule has 4 atom stereocenters. The topological polar surface area (TPSA) is 37.3 Å². The zero-order valence-electron chi connectivity index (χ0n) is 12.1. The molecule has 3 aliphatic carbocycles. The average molecular weight is 347 g/mol. The Labute approximate surface area is 133 Å². The lowest BCUT2D eigenvalue weighted by atomic mass is 9.60. The summed E-state index contributed by atoms with van der Waals surface area (Å²) in [7, 11) is 0. The van der Waals surface area contributed by atoms with Gasteiger partial charge in [-0.2, -0.15) is 0 Å². The Kier molecular flexibility index (Phi) is 2.88. The number of aromatic hydroxyl groups is 1. The maximum atomic E-state index is 12.5. The van der Waals surface area contributed by atoms with E-state index in [9.17, 15) is 9.90 Å². The molecule has 0 bridgehead atoms. The SMILES string of the molecule is CC12CCC3C(=CCc4cc(O)ccc43)C1CC(Br)C2=O. The van der Waals surface area contributed by atoms with E-state index < -0.39 is 0 Å². The maximum absolute atomic E-state index is 12.5. The summed E-state index contributed by atoms with van der Waals surface area (Å²) in [4.78, 5) is 12.5. The highest BCUT2D eigenvalue weighted by molar-refractivity contribution is 9.10. The molecule has 110 valence electrons. The van der Waals surface area contributed by atoms with Crippen LogP contribution in [0.5, 0.6) is 5.75 Å². The fraction of sp³-hybridized carbons (Fsp3) is 0.500. The van der Waals surface area contributed by atoms with E-state index >= 15 is 0 Å². The zero-order valence-corrected chi connectivity index (χ0v) is 13.7. The summed E-state index contributed by atoms with van der Waals surface area (Å²) >= 11 is 3.58. The molecule has 4 rings (SSSR count). The number of phenolic OH excluding ortho intramolecular Hbond substituents is 1. The molecule has 1 N–H and O–H groups in total. The van der Waals surface area contributed by atoms with Crippen molar-refractivity contribution in [2.45, 2.75) is 43.4 Å². The van der Waals surface area contributed by atoms with Crippen LogP contribution in [0.25, 0.3) is 0 Å². The number of fused-ring (bicyclic) bond motifs is 5.